The lowest BCUT2D eigenvalue weighted by molar-refractivity contribution is 0.108. The fraction of sp³-hybridized carbons (Fsp3) is 0.786. The predicted octanol–water partition coefficient (Wildman–Crippen LogP) is 2.45. The third kappa shape index (κ3) is 6.17. The molecule has 0 saturated carbocycles. The lowest BCUT2D eigenvalue weighted by Gasteiger charge is -2.09. The summed E-state index contributed by atoms with van der Waals surface area (Å²) in [4.78, 5) is 4.36. The van der Waals surface area contributed by atoms with Crippen LogP contribution < -0.4 is 5.32 Å². The molecule has 1 rings (SSSR count). The number of aromatic nitrogens is 2. The molecule has 0 spiro atoms. The number of hydrogen-bond acceptors (Lipinski definition) is 3. The van der Waals surface area contributed by atoms with E-state index < -0.39 is 0 Å². The monoisotopic (exact) mass is 253 g/mol. The van der Waals surface area contributed by atoms with E-state index in [-0.39, 0.29) is 0 Å². The maximum absolute atomic E-state index is 5.53. The van der Waals surface area contributed by atoms with Gasteiger partial charge in [-0.15, -0.1) is 0 Å². The van der Waals surface area contributed by atoms with Crippen LogP contribution in [0.4, 0.5) is 0 Å². The Morgan fingerprint density at radius 1 is 1.44 bits per heavy atom. The second-order valence-electron chi connectivity index (χ2n) is 5.04. The van der Waals surface area contributed by atoms with Crippen LogP contribution in [-0.2, 0) is 17.8 Å². The van der Waals surface area contributed by atoms with Crippen LogP contribution in [0.25, 0.3) is 0 Å². The topological polar surface area (TPSA) is 39.1 Å². The van der Waals surface area contributed by atoms with E-state index in [0.717, 1.165) is 51.5 Å². The molecule has 0 aliphatic heterocycles. The minimum Gasteiger partial charge on any atom is -0.381 e. The number of nitrogens with zero attached hydrogens (tertiary/aromatic N) is 2. The molecule has 18 heavy (non-hydrogen) atoms. The van der Waals surface area contributed by atoms with E-state index in [1.165, 1.54) is 0 Å². The van der Waals surface area contributed by atoms with Crippen LogP contribution in [0, 0.1) is 5.92 Å². The maximum atomic E-state index is 5.53. The van der Waals surface area contributed by atoms with E-state index >= 15 is 0 Å². The molecule has 0 aromatic carbocycles. The van der Waals surface area contributed by atoms with Crippen molar-refractivity contribution >= 4 is 0 Å². The van der Waals surface area contributed by atoms with Gasteiger partial charge in [-0.3, -0.25) is 0 Å². The highest BCUT2D eigenvalue weighted by molar-refractivity contribution is 4.91. The highest BCUT2D eigenvalue weighted by atomic mass is 16.5. The van der Waals surface area contributed by atoms with Gasteiger partial charge in [0, 0.05) is 32.2 Å². The van der Waals surface area contributed by atoms with Gasteiger partial charge in [-0.05, 0) is 25.3 Å². The zero-order chi connectivity index (χ0) is 13.2. The van der Waals surface area contributed by atoms with Crippen LogP contribution in [0.2, 0.25) is 0 Å². The summed E-state index contributed by atoms with van der Waals surface area (Å²) in [5, 5.41) is 3.41. The van der Waals surface area contributed by atoms with Crippen molar-refractivity contribution in [3.63, 3.8) is 0 Å². The van der Waals surface area contributed by atoms with Gasteiger partial charge in [0.2, 0.25) is 0 Å². The van der Waals surface area contributed by atoms with Crippen LogP contribution >= 0.6 is 0 Å². The molecule has 0 bridgehead atoms. The van der Waals surface area contributed by atoms with Crippen molar-refractivity contribution in [1.82, 2.24) is 14.9 Å². The Bertz CT molecular complexity index is 310. The second kappa shape index (κ2) is 9.11. The van der Waals surface area contributed by atoms with Crippen LogP contribution in [0.3, 0.4) is 0 Å². The lowest BCUT2D eigenvalue weighted by Crippen LogP contribution is -2.19. The average Bonchev–Trinajstić information content (AvgIpc) is 2.76. The number of nitrogens with one attached hydrogen (secondary N) is 1. The second-order valence-corrected chi connectivity index (χ2v) is 5.04. The van der Waals surface area contributed by atoms with Gasteiger partial charge in [-0.2, -0.15) is 0 Å². The van der Waals surface area contributed by atoms with E-state index in [9.17, 15) is 0 Å². The lowest BCUT2D eigenvalue weighted by atomic mass is 10.2. The highest BCUT2D eigenvalue weighted by Gasteiger charge is 2.00. The molecule has 1 N–H and O–H groups in total. The first-order valence-electron chi connectivity index (χ1n) is 7.02. The smallest absolute Gasteiger partial charge is 0.122 e. The summed E-state index contributed by atoms with van der Waals surface area (Å²) in [6.45, 7) is 11.1. The normalized spacial score (nSPS) is 11.3. The number of imidazole rings is 1. The van der Waals surface area contributed by atoms with Gasteiger partial charge < -0.3 is 14.6 Å². The van der Waals surface area contributed by atoms with Gasteiger partial charge in [0.25, 0.3) is 0 Å². The average molecular weight is 253 g/mol. The van der Waals surface area contributed by atoms with Crippen molar-refractivity contribution in [3.05, 3.63) is 18.2 Å². The molecule has 1 aromatic rings. The van der Waals surface area contributed by atoms with Crippen molar-refractivity contribution in [1.29, 1.82) is 0 Å². The van der Waals surface area contributed by atoms with E-state index in [4.69, 9.17) is 4.74 Å². The molecule has 0 aliphatic carbocycles. The van der Waals surface area contributed by atoms with E-state index in [1.54, 1.807) is 0 Å². The first kappa shape index (κ1) is 15.2. The maximum Gasteiger partial charge on any atom is 0.122 e. The van der Waals surface area contributed by atoms with Gasteiger partial charge in [0.05, 0.1) is 6.54 Å². The summed E-state index contributed by atoms with van der Waals surface area (Å²) in [7, 11) is 0. The van der Waals surface area contributed by atoms with Crippen molar-refractivity contribution in [2.75, 3.05) is 19.8 Å². The molecular weight excluding hydrogens is 226 g/mol. The van der Waals surface area contributed by atoms with Crippen LogP contribution in [0.1, 0.15) is 39.4 Å². The highest BCUT2D eigenvalue weighted by Crippen LogP contribution is 1.99. The minimum atomic E-state index is 0.625. The van der Waals surface area contributed by atoms with Crippen molar-refractivity contribution < 1.29 is 4.74 Å². The van der Waals surface area contributed by atoms with E-state index in [1.807, 2.05) is 12.4 Å². The molecule has 4 nitrogen and oxygen atoms in total. The van der Waals surface area contributed by atoms with Gasteiger partial charge in [-0.25, -0.2) is 4.98 Å². The summed E-state index contributed by atoms with van der Waals surface area (Å²) in [5.74, 6) is 1.75. The van der Waals surface area contributed by atoms with Crippen molar-refractivity contribution in [2.45, 2.75) is 46.7 Å². The minimum absolute atomic E-state index is 0.625. The Morgan fingerprint density at radius 2 is 2.28 bits per heavy atom. The molecule has 0 amide bonds. The SMILES string of the molecule is CCCn1ccnc1CNCCCOCC(C)C. The zero-order valence-electron chi connectivity index (χ0n) is 12.0. The third-order valence-electron chi connectivity index (χ3n) is 2.64. The molecule has 0 unspecified atom stereocenters. The van der Waals surface area contributed by atoms with Crippen molar-refractivity contribution in [3.8, 4) is 0 Å². The first-order valence-corrected chi connectivity index (χ1v) is 7.02. The van der Waals surface area contributed by atoms with E-state index in [0.29, 0.717) is 5.92 Å². The number of hydrogen-bond donors (Lipinski definition) is 1. The molecule has 0 radical (unpaired) electrons. The van der Waals surface area contributed by atoms with Gasteiger partial charge in [0.15, 0.2) is 0 Å². The Morgan fingerprint density at radius 3 is 3.00 bits per heavy atom. The van der Waals surface area contributed by atoms with Gasteiger partial charge in [-0.1, -0.05) is 20.8 Å². The van der Waals surface area contributed by atoms with Crippen LogP contribution in [0.5, 0.6) is 0 Å². The molecular formula is C14H27N3O. The summed E-state index contributed by atoms with van der Waals surface area (Å²) in [6, 6.07) is 0. The van der Waals surface area contributed by atoms with Gasteiger partial charge in [0.1, 0.15) is 5.82 Å². The Hall–Kier alpha value is -0.870. The van der Waals surface area contributed by atoms with Gasteiger partial charge >= 0.3 is 0 Å². The number of aryl methyl sites for hydroxylation is 1. The summed E-state index contributed by atoms with van der Waals surface area (Å²) in [5.41, 5.74) is 0. The molecule has 4 heteroatoms. The molecule has 0 fully saturated rings. The third-order valence-corrected chi connectivity index (χ3v) is 2.64. The fourth-order valence-corrected chi connectivity index (χ4v) is 1.77. The largest absolute Gasteiger partial charge is 0.381 e. The summed E-state index contributed by atoms with van der Waals surface area (Å²) in [6.07, 6.45) is 6.12. The number of rotatable bonds is 10. The zero-order valence-corrected chi connectivity index (χ0v) is 12.0. The first-order chi connectivity index (χ1) is 8.74. The Balaban J connectivity index is 2.05. The van der Waals surface area contributed by atoms with Crippen LogP contribution in [-0.4, -0.2) is 29.3 Å². The van der Waals surface area contributed by atoms with Crippen molar-refractivity contribution in [2.24, 2.45) is 5.92 Å². The molecule has 1 heterocycles. The van der Waals surface area contributed by atoms with Crippen LogP contribution in [0.15, 0.2) is 12.4 Å². The molecule has 104 valence electrons. The summed E-state index contributed by atoms with van der Waals surface area (Å²) >= 11 is 0. The molecule has 1 aromatic heterocycles. The standard InChI is InChI=1S/C14H27N3O/c1-4-8-17-9-7-16-14(17)11-15-6-5-10-18-12-13(2)3/h7,9,13,15H,4-6,8,10-12H2,1-3H3. The Kier molecular flexibility index (Phi) is 7.69. The molecule has 0 saturated heterocycles. The Labute approximate surface area is 111 Å². The number of ether oxygens (including phenoxy) is 1. The molecule has 0 atom stereocenters. The fourth-order valence-electron chi connectivity index (χ4n) is 1.77. The summed E-state index contributed by atoms with van der Waals surface area (Å²) < 4.78 is 7.74. The quantitative estimate of drug-likeness (QED) is 0.651. The van der Waals surface area contributed by atoms with E-state index in [2.05, 4.69) is 35.6 Å². The predicted molar refractivity (Wildman–Crippen MR) is 74.5 cm³/mol. The molecule has 0 aliphatic rings.